The highest BCUT2D eigenvalue weighted by atomic mass is 79.9. The third-order valence-corrected chi connectivity index (χ3v) is 3.55. The van der Waals surface area contributed by atoms with Gasteiger partial charge in [-0.15, -0.1) is 0 Å². The minimum atomic E-state index is -0.741. The maximum Gasteiger partial charge on any atom is 0.257 e. The van der Waals surface area contributed by atoms with Crippen molar-refractivity contribution in [1.29, 1.82) is 0 Å². The number of nitrogens with one attached hydrogen (secondary N) is 1. The van der Waals surface area contributed by atoms with E-state index in [-0.39, 0.29) is 20.7 Å². The van der Waals surface area contributed by atoms with Gasteiger partial charge in [-0.3, -0.25) is 4.79 Å². The average Bonchev–Trinajstić information content (AvgIpc) is 2.35. The highest BCUT2D eigenvalue weighted by Crippen LogP contribution is 2.25. The predicted molar refractivity (Wildman–Crippen MR) is 78.2 cm³/mol. The lowest BCUT2D eigenvalue weighted by molar-refractivity contribution is 0.102. The minimum Gasteiger partial charge on any atom is -0.319 e. The highest BCUT2D eigenvalue weighted by molar-refractivity contribution is 9.10. The molecule has 0 radical (unpaired) electrons. The van der Waals surface area contributed by atoms with Crippen LogP contribution in [-0.4, -0.2) is 5.91 Å². The number of hydrogen-bond donors (Lipinski definition) is 1. The fourth-order valence-electron chi connectivity index (χ4n) is 1.61. The molecule has 2 aromatic rings. The largest absolute Gasteiger partial charge is 0.319 e. The Balaban J connectivity index is 2.30. The molecule has 2 rings (SSSR count). The van der Waals surface area contributed by atoms with Crippen LogP contribution in [0, 0.1) is 18.6 Å². The molecule has 0 saturated heterocycles. The van der Waals surface area contributed by atoms with Gasteiger partial charge in [0.2, 0.25) is 0 Å². The van der Waals surface area contributed by atoms with Gasteiger partial charge in [-0.1, -0.05) is 17.7 Å². The summed E-state index contributed by atoms with van der Waals surface area (Å²) in [6.07, 6.45) is 0. The molecule has 0 aliphatic carbocycles. The molecule has 1 N–H and O–H groups in total. The summed E-state index contributed by atoms with van der Waals surface area (Å²) in [4.78, 5) is 12.0. The van der Waals surface area contributed by atoms with Crippen molar-refractivity contribution in [3.8, 4) is 0 Å². The van der Waals surface area contributed by atoms with Crippen molar-refractivity contribution in [3.05, 3.63) is 62.6 Å². The maximum atomic E-state index is 13.6. The predicted octanol–water partition coefficient (Wildman–Crippen LogP) is 4.94. The van der Waals surface area contributed by atoms with E-state index >= 15 is 0 Å². The van der Waals surface area contributed by atoms with Crippen molar-refractivity contribution in [3.63, 3.8) is 0 Å². The van der Waals surface area contributed by atoms with Crippen molar-refractivity contribution in [2.24, 2.45) is 0 Å². The normalized spacial score (nSPS) is 10.4. The smallest absolute Gasteiger partial charge is 0.257 e. The highest BCUT2D eigenvalue weighted by Gasteiger charge is 2.14. The Morgan fingerprint density at radius 3 is 2.55 bits per heavy atom. The fraction of sp³-hybridized carbons (Fsp3) is 0.0714. The molecule has 0 bridgehead atoms. The van der Waals surface area contributed by atoms with Crippen LogP contribution in [0.4, 0.5) is 14.5 Å². The average molecular weight is 361 g/mol. The maximum absolute atomic E-state index is 13.6. The molecule has 6 heteroatoms. The molecule has 0 aliphatic rings. The van der Waals surface area contributed by atoms with Gasteiger partial charge in [0.15, 0.2) is 0 Å². The number of benzene rings is 2. The van der Waals surface area contributed by atoms with E-state index in [1.807, 2.05) is 6.92 Å². The van der Waals surface area contributed by atoms with E-state index in [9.17, 15) is 13.6 Å². The van der Waals surface area contributed by atoms with E-state index in [4.69, 9.17) is 11.6 Å². The van der Waals surface area contributed by atoms with Gasteiger partial charge in [0.25, 0.3) is 5.91 Å². The summed E-state index contributed by atoms with van der Waals surface area (Å²) in [5.41, 5.74) is 0.847. The number of rotatable bonds is 2. The monoisotopic (exact) mass is 359 g/mol. The second-order valence-electron chi connectivity index (χ2n) is 4.18. The summed E-state index contributed by atoms with van der Waals surface area (Å²) in [6.45, 7) is 1.83. The molecular weight excluding hydrogens is 352 g/mol. The van der Waals surface area contributed by atoms with Crippen molar-refractivity contribution in [2.75, 3.05) is 5.32 Å². The summed E-state index contributed by atoms with van der Waals surface area (Å²) in [7, 11) is 0. The van der Waals surface area contributed by atoms with Crippen LogP contribution in [0.25, 0.3) is 0 Å². The standard InChI is InChI=1S/C14H9BrClF2NO/c1-7-2-3-8(10(16)4-7)14(20)19-13-6-11(17)9(15)5-12(13)18/h2-6H,1H3,(H,19,20). The van der Waals surface area contributed by atoms with Gasteiger partial charge in [-0.2, -0.15) is 0 Å². The lowest BCUT2D eigenvalue weighted by Gasteiger charge is -2.09. The van der Waals surface area contributed by atoms with Crippen LogP contribution in [0.3, 0.4) is 0 Å². The zero-order valence-corrected chi connectivity index (χ0v) is 12.6. The van der Waals surface area contributed by atoms with Crippen LogP contribution in [0.15, 0.2) is 34.8 Å². The molecule has 0 aliphatic heterocycles. The molecule has 0 heterocycles. The second-order valence-corrected chi connectivity index (χ2v) is 5.45. The van der Waals surface area contributed by atoms with E-state index in [2.05, 4.69) is 21.2 Å². The fourth-order valence-corrected chi connectivity index (χ4v) is 2.25. The Morgan fingerprint density at radius 2 is 1.90 bits per heavy atom. The summed E-state index contributed by atoms with van der Waals surface area (Å²) in [6, 6.07) is 6.70. The number of anilines is 1. The quantitative estimate of drug-likeness (QED) is 0.755. The summed E-state index contributed by atoms with van der Waals surface area (Å²) >= 11 is 8.81. The minimum absolute atomic E-state index is 0.0126. The van der Waals surface area contributed by atoms with Crippen LogP contribution in [0.1, 0.15) is 15.9 Å². The van der Waals surface area contributed by atoms with Gasteiger partial charge in [-0.25, -0.2) is 8.78 Å². The van der Waals surface area contributed by atoms with Crippen molar-refractivity contribution in [1.82, 2.24) is 0 Å². The summed E-state index contributed by atoms with van der Waals surface area (Å²) in [5, 5.41) is 2.55. The number of aryl methyl sites for hydroxylation is 1. The van der Waals surface area contributed by atoms with E-state index in [0.29, 0.717) is 0 Å². The molecule has 0 unspecified atom stereocenters. The number of halogens is 4. The first-order chi connectivity index (χ1) is 9.38. The lowest BCUT2D eigenvalue weighted by Crippen LogP contribution is -2.14. The Bertz CT molecular complexity index is 691. The van der Waals surface area contributed by atoms with Crippen molar-refractivity contribution < 1.29 is 13.6 Å². The lowest BCUT2D eigenvalue weighted by atomic mass is 10.1. The third kappa shape index (κ3) is 3.16. The number of carbonyl (C=O) groups excluding carboxylic acids is 1. The molecule has 0 fully saturated rings. The van der Waals surface area contributed by atoms with Gasteiger partial charge >= 0.3 is 0 Å². The van der Waals surface area contributed by atoms with Crippen LogP contribution in [0.2, 0.25) is 5.02 Å². The van der Waals surface area contributed by atoms with E-state index < -0.39 is 17.5 Å². The molecule has 0 aromatic heterocycles. The zero-order chi connectivity index (χ0) is 14.9. The Hall–Kier alpha value is -1.46. The molecular formula is C14H9BrClF2NO. The third-order valence-electron chi connectivity index (χ3n) is 2.63. The molecule has 20 heavy (non-hydrogen) atoms. The first-order valence-corrected chi connectivity index (χ1v) is 6.77. The molecule has 0 atom stereocenters. The van der Waals surface area contributed by atoms with E-state index in [1.165, 1.54) is 6.07 Å². The van der Waals surface area contributed by atoms with E-state index in [1.54, 1.807) is 12.1 Å². The Kier molecular flexibility index (Phi) is 4.40. The second kappa shape index (κ2) is 5.89. The Labute approximate surface area is 127 Å². The molecule has 104 valence electrons. The van der Waals surface area contributed by atoms with Gasteiger partial charge in [0, 0.05) is 6.07 Å². The number of hydrogen-bond acceptors (Lipinski definition) is 1. The summed E-state index contributed by atoms with van der Waals surface area (Å²) < 4.78 is 27.0. The van der Waals surface area contributed by atoms with Gasteiger partial charge in [0.05, 0.1) is 20.7 Å². The Morgan fingerprint density at radius 1 is 1.20 bits per heavy atom. The number of carbonyl (C=O) groups is 1. The molecule has 0 spiro atoms. The zero-order valence-electron chi connectivity index (χ0n) is 10.3. The van der Waals surface area contributed by atoms with Crippen LogP contribution in [0.5, 0.6) is 0 Å². The molecule has 2 aromatic carbocycles. The molecule has 0 saturated carbocycles. The first kappa shape index (κ1) is 14.9. The van der Waals surface area contributed by atoms with Gasteiger partial charge < -0.3 is 5.32 Å². The number of amides is 1. The van der Waals surface area contributed by atoms with Gasteiger partial charge in [0.1, 0.15) is 11.6 Å². The van der Waals surface area contributed by atoms with E-state index in [0.717, 1.165) is 17.7 Å². The van der Waals surface area contributed by atoms with Gasteiger partial charge in [-0.05, 0) is 46.6 Å². The molecule has 2 nitrogen and oxygen atoms in total. The van der Waals surface area contributed by atoms with Crippen LogP contribution in [-0.2, 0) is 0 Å². The SMILES string of the molecule is Cc1ccc(C(=O)Nc2cc(F)c(Br)cc2F)c(Cl)c1. The summed E-state index contributed by atoms with van der Waals surface area (Å²) in [5.74, 6) is -2.01. The topological polar surface area (TPSA) is 29.1 Å². The molecule has 1 amide bonds. The first-order valence-electron chi connectivity index (χ1n) is 5.60. The van der Waals surface area contributed by atoms with Crippen molar-refractivity contribution >= 4 is 39.1 Å². The van der Waals surface area contributed by atoms with Crippen LogP contribution < -0.4 is 5.32 Å². The van der Waals surface area contributed by atoms with Crippen LogP contribution >= 0.6 is 27.5 Å². The van der Waals surface area contributed by atoms with Crippen molar-refractivity contribution in [2.45, 2.75) is 6.92 Å².